The van der Waals surface area contributed by atoms with Crippen molar-refractivity contribution in [2.45, 2.75) is 19.5 Å². The second kappa shape index (κ2) is 5.01. The molecule has 1 aliphatic rings. The predicted molar refractivity (Wildman–Crippen MR) is 68.6 cm³/mol. The van der Waals surface area contributed by atoms with Gasteiger partial charge in [0.25, 0.3) is 5.89 Å². The highest BCUT2D eigenvalue weighted by molar-refractivity contribution is 5.55. The molecular weight excluding hydrogens is 285 g/mol. The summed E-state index contributed by atoms with van der Waals surface area (Å²) in [7, 11) is 0. The second-order valence-corrected chi connectivity index (χ2v) is 5.11. The molecule has 112 valence electrons. The van der Waals surface area contributed by atoms with Crippen molar-refractivity contribution in [3.63, 3.8) is 0 Å². The van der Waals surface area contributed by atoms with Gasteiger partial charge in [0.05, 0.1) is 5.92 Å². The van der Waals surface area contributed by atoms with Crippen LogP contribution in [0.5, 0.6) is 0 Å². The van der Waals surface area contributed by atoms with Gasteiger partial charge in [0.2, 0.25) is 6.39 Å². The Hall–Kier alpha value is -2.12. The van der Waals surface area contributed by atoms with Crippen molar-refractivity contribution >= 4 is 5.82 Å². The topological polar surface area (TPSA) is 55.1 Å². The first kappa shape index (κ1) is 13.8. The molecule has 2 aromatic heterocycles. The van der Waals surface area contributed by atoms with E-state index in [1.165, 1.54) is 6.39 Å². The van der Waals surface area contributed by atoms with Crippen molar-refractivity contribution in [2.75, 3.05) is 18.0 Å². The molecule has 0 N–H and O–H groups in total. The summed E-state index contributed by atoms with van der Waals surface area (Å²) in [5, 5.41) is 7.35. The number of rotatable bonds is 2. The van der Waals surface area contributed by atoms with E-state index in [9.17, 15) is 13.2 Å². The van der Waals surface area contributed by atoms with Crippen molar-refractivity contribution in [3.05, 3.63) is 24.1 Å². The van der Waals surface area contributed by atoms with Gasteiger partial charge in [0, 0.05) is 13.1 Å². The van der Waals surface area contributed by atoms with E-state index in [2.05, 4.69) is 15.2 Å². The Balaban J connectivity index is 1.87. The van der Waals surface area contributed by atoms with E-state index in [0.29, 0.717) is 18.1 Å². The van der Waals surface area contributed by atoms with Crippen LogP contribution >= 0.6 is 0 Å². The lowest BCUT2D eigenvalue weighted by molar-refractivity contribution is -0.168. The molecule has 3 rings (SSSR count). The summed E-state index contributed by atoms with van der Waals surface area (Å²) in [4.78, 5) is 5.98. The van der Waals surface area contributed by atoms with Gasteiger partial charge in [0.15, 0.2) is 0 Å². The number of hydrogen-bond donors (Lipinski definition) is 0. The first-order valence-corrected chi connectivity index (χ1v) is 6.50. The summed E-state index contributed by atoms with van der Waals surface area (Å²) in [6, 6.07) is 3.52. The van der Waals surface area contributed by atoms with Gasteiger partial charge in [-0.05, 0) is 31.0 Å². The highest BCUT2D eigenvalue weighted by Gasteiger charge is 2.43. The molecule has 0 radical (unpaired) electrons. The number of aryl methyl sites for hydroxylation is 1. The fraction of sp³-hybridized carbons (Fsp3) is 0.462. The van der Waals surface area contributed by atoms with Crippen molar-refractivity contribution in [3.8, 4) is 11.6 Å². The van der Waals surface area contributed by atoms with Gasteiger partial charge in [0.1, 0.15) is 11.5 Å². The van der Waals surface area contributed by atoms with E-state index < -0.39 is 12.1 Å². The molecule has 0 aromatic carbocycles. The van der Waals surface area contributed by atoms with E-state index in [0.717, 1.165) is 5.56 Å². The van der Waals surface area contributed by atoms with Crippen LogP contribution in [0.1, 0.15) is 12.0 Å². The van der Waals surface area contributed by atoms with Crippen LogP contribution in [-0.4, -0.2) is 34.4 Å². The van der Waals surface area contributed by atoms with Crippen molar-refractivity contribution in [1.29, 1.82) is 0 Å². The molecular formula is C13H13F3N4O. The van der Waals surface area contributed by atoms with Crippen LogP contribution in [0.3, 0.4) is 0 Å². The van der Waals surface area contributed by atoms with Crippen molar-refractivity contribution < 1.29 is 17.6 Å². The molecule has 5 nitrogen and oxygen atoms in total. The van der Waals surface area contributed by atoms with Gasteiger partial charge in [-0.15, -0.1) is 10.2 Å². The molecule has 1 aliphatic heterocycles. The fourth-order valence-corrected chi connectivity index (χ4v) is 2.44. The molecule has 1 saturated heterocycles. The van der Waals surface area contributed by atoms with E-state index in [-0.39, 0.29) is 18.9 Å². The van der Waals surface area contributed by atoms with Gasteiger partial charge >= 0.3 is 6.18 Å². The van der Waals surface area contributed by atoms with Gasteiger partial charge in [-0.2, -0.15) is 13.2 Å². The Labute approximate surface area is 118 Å². The number of halogens is 3. The molecule has 3 heterocycles. The minimum atomic E-state index is -4.16. The van der Waals surface area contributed by atoms with E-state index >= 15 is 0 Å². The standard InChI is InChI=1S/C13H13F3N4O/c1-8-4-10(12-19-17-7-21-12)18-11(5-8)20-3-2-9(6-20)13(14,15)16/h4-5,7,9H,2-3,6H2,1H3. The first-order chi connectivity index (χ1) is 9.93. The molecule has 1 atom stereocenters. The molecule has 1 unspecified atom stereocenters. The summed E-state index contributed by atoms with van der Waals surface area (Å²) < 4.78 is 43.3. The summed E-state index contributed by atoms with van der Waals surface area (Å²) in [5.41, 5.74) is 1.35. The van der Waals surface area contributed by atoms with Crippen LogP contribution in [0.25, 0.3) is 11.6 Å². The van der Waals surface area contributed by atoms with Gasteiger partial charge in [-0.25, -0.2) is 4.98 Å². The molecule has 8 heteroatoms. The monoisotopic (exact) mass is 298 g/mol. The lowest BCUT2D eigenvalue weighted by Crippen LogP contribution is -2.27. The lowest BCUT2D eigenvalue weighted by Gasteiger charge is -2.19. The van der Waals surface area contributed by atoms with Gasteiger partial charge in [-0.3, -0.25) is 0 Å². The zero-order valence-corrected chi connectivity index (χ0v) is 11.3. The number of nitrogens with zero attached hydrogens (tertiary/aromatic N) is 4. The zero-order chi connectivity index (χ0) is 15.0. The molecule has 0 saturated carbocycles. The Morgan fingerprint density at radius 3 is 2.76 bits per heavy atom. The van der Waals surface area contributed by atoms with Crippen LogP contribution in [-0.2, 0) is 0 Å². The first-order valence-electron chi connectivity index (χ1n) is 6.50. The van der Waals surface area contributed by atoms with Gasteiger partial charge in [-0.1, -0.05) is 0 Å². The van der Waals surface area contributed by atoms with Crippen LogP contribution in [0, 0.1) is 12.8 Å². The van der Waals surface area contributed by atoms with E-state index in [1.54, 1.807) is 17.0 Å². The van der Waals surface area contributed by atoms with Crippen LogP contribution < -0.4 is 4.90 Å². The number of anilines is 1. The smallest absolute Gasteiger partial charge is 0.393 e. The summed E-state index contributed by atoms with van der Waals surface area (Å²) in [6.45, 7) is 2.12. The van der Waals surface area contributed by atoms with E-state index in [1.807, 2.05) is 6.92 Å². The largest absolute Gasteiger partial charge is 0.422 e. The molecule has 2 aromatic rings. The quantitative estimate of drug-likeness (QED) is 0.853. The molecule has 0 aliphatic carbocycles. The molecule has 0 spiro atoms. The molecule has 1 fully saturated rings. The second-order valence-electron chi connectivity index (χ2n) is 5.11. The minimum Gasteiger partial charge on any atom is -0.422 e. The minimum absolute atomic E-state index is 0.0662. The highest BCUT2D eigenvalue weighted by atomic mass is 19.4. The van der Waals surface area contributed by atoms with E-state index in [4.69, 9.17) is 4.42 Å². The third kappa shape index (κ3) is 2.84. The van der Waals surface area contributed by atoms with Crippen LogP contribution in [0.2, 0.25) is 0 Å². The zero-order valence-electron chi connectivity index (χ0n) is 11.3. The molecule has 0 bridgehead atoms. The summed E-state index contributed by atoms with van der Waals surface area (Å²) >= 11 is 0. The van der Waals surface area contributed by atoms with Crippen LogP contribution in [0.4, 0.5) is 19.0 Å². The van der Waals surface area contributed by atoms with Crippen LogP contribution in [0.15, 0.2) is 22.9 Å². The highest BCUT2D eigenvalue weighted by Crippen LogP contribution is 2.35. The average Bonchev–Trinajstić information content (AvgIpc) is 3.09. The number of aromatic nitrogens is 3. The number of hydrogen-bond acceptors (Lipinski definition) is 5. The maximum Gasteiger partial charge on any atom is 0.393 e. The third-order valence-corrected chi connectivity index (χ3v) is 3.51. The fourth-order valence-electron chi connectivity index (χ4n) is 2.44. The maximum absolute atomic E-state index is 12.8. The average molecular weight is 298 g/mol. The molecule has 0 amide bonds. The normalized spacial score (nSPS) is 19.2. The number of alkyl halides is 3. The maximum atomic E-state index is 12.8. The Morgan fingerprint density at radius 1 is 1.33 bits per heavy atom. The summed E-state index contributed by atoms with van der Waals surface area (Å²) in [5.74, 6) is -0.534. The Morgan fingerprint density at radius 2 is 2.14 bits per heavy atom. The number of pyridine rings is 1. The van der Waals surface area contributed by atoms with Crippen molar-refractivity contribution in [2.24, 2.45) is 5.92 Å². The Bertz CT molecular complexity index is 627. The lowest BCUT2D eigenvalue weighted by atomic mass is 10.1. The predicted octanol–water partition coefficient (Wildman–Crippen LogP) is 2.83. The molecule has 21 heavy (non-hydrogen) atoms. The third-order valence-electron chi connectivity index (χ3n) is 3.51. The summed E-state index contributed by atoms with van der Waals surface area (Å²) in [6.07, 6.45) is -2.88. The Kier molecular flexibility index (Phi) is 3.30. The SMILES string of the molecule is Cc1cc(-c2nnco2)nc(N2CCC(C(F)(F)F)C2)c1. The van der Waals surface area contributed by atoms with Gasteiger partial charge < -0.3 is 9.32 Å². The van der Waals surface area contributed by atoms with Crippen molar-refractivity contribution in [1.82, 2.24) is 15.2 Å².